The summed E-state index contributed by atoms with van der Waals surface area (Å²) in [6.45, 7) is 3.05. The Morgan fingerprint density at radius 2 is 2.10 bits per heavy atom. The first kappa shape index (κ1) is 14.9. The highest BCUT2D eigenvalue weighted by molar-refractivity contribution is 6.13. The molecule has 114 valence electrons. The van der Waals surface area contributed by atoms with E-state index in [-0.39, 0.29) is 0 Å². The standard InChI is InChI=1S/C18H24ClNO/c1-12-6-15(10-16(7-12)21-3)17-9-13-4-5-14(8-13)18(17)11-20(2)19/h6-7,9-10,13-14,18H,4-5,8,11H2,1-3H3/t13-,14+,18+/m1/s1. The molecule has 1 aromatic rings. The van der Waals surface area contributed by atoms with Crippen LogP contribution in [0, 0.1) is 24.7 Å². The lowest BCUT2D eigenvalue weighted by molar-refractivity contribution is 0.338. The van der Waals surface area contributed by atoms with Crippen molar-refractivity contribution in [2.45, 2.75) is 26.2 Å². The van der Waals surface area contributed by atoms with E-state index in [4.69, 9.17) is 16.5 Å². The average Bonchev–Trinajstić information content (AvgIpc) is 2.83. The van der Waals surface area contributed by atoms with Crippen molar-refractivity contribution in [3.63, 3.8) is 0 Å². The van der Waals surface area contributed by atoms with Gasteiger partial charge in [0.2, 0.25) is 0 Å². The quantitative estimate of drug-likeness (QED) is 0.758. The fourth-order valence-corrected chi connectivity index (χ4v) is 4.21. The van der Waals surface area contributed by atoms with Gasteiger partial charge >= 0.3 is 0 Å². The van der Waals surface area contributed by atoms with E-state index in [0.717, 1.165) is 24.1 Å². The summed E-state index contributed by atoms with van der Waals surface area (Å²) < 4.78 is 7.26. The van der Waals surface area contributed by atoms with Crippen LogP contribution in [0.5, 0.6) is 5.75 Å². The summed E-state index contributed by atoms with van der Waals surface area (Å²) in [5.74, 6) is 3.02. The molecule has 0 unspecified atom stereocenters. The molecule has 0 saturated heterocycles. The minimum atomic E-state index is 0.540. The van der Waals surface area contributed by atoms with E-state index < -0.39 is 0 Å². The Hall–Kier alpha value is -0.990. The maximum absolute atomic E-state index is 6.17. The molecule has 3 heteroatoms. The molecule has 2 aliphatic carbocycles. The lowest BCUT2D eigenvalue weighted by Crippen LogP contribution is -2.27. The Labute approximate surface area is 132 Å². The van der Waals surface area contributed by atoms with Crippen LogP contribution in [0.2, 0.25) is 0 Å². The number of allylic oxidation sites excluding steroid dienone is 1. The highest BCUT2D eigenvalue weighted by atomic mass is 35.5. The number of hydrogen-bond acceptors (Lipinski definition) is 2. The first-order valence-corrected chi connectivity index (χ1v) is 8.15. The second-order valence-electron chi connectivity index (χ2n) is 6.59. The molecule has 0 aliphatic heterocycles. The van der Waals surface area contributed by atoms with Crippen molar-refractivity contribution < 1.29 is 4.74 Å². The number of methoxy groups -OCH3 is 1. The molecular formula is C18H24ClNO. The highest BCUT2D eigenvalue weighted by Crippen LogP contribution is 2.48. The van der Waals surface area contributed by atoms with Gasteiger partial charge in [-0.1, -0.05) is 12.1 Å². The van der Waals surface area contributed by atoms with Gasteiger partial charge in [0.1, 0.15) is 5.75 Å². The molecule has 0 spiro atoms. The Bertz CT molecular complexity index is 552. The maximum atomic E-state index is 6.17. The predicted molar refractivity (Wildman–Crippen MR) is 88.5 cm³/mol. The number of halogens is 1. The van der Waals surface area contributed by atoms with Gasteiger partial charge in [0.25, 0.3) is 0 Å². The molecule has 1 aromatic carbocycles. The zero-order valence-electron chi connectivity index (χ0n) is 13.1. The first-order chi connectivity index (χ1) is 10.1. The van der Waals surface area contributed by atoms with Crippen LogP contribution in [0.4, 0.5) is 0 Å². The zero-order chi connectivity index (χ0) is 15.0. The fraction of sp³-hybridized carbons (Fsp3) is 0.556. The second kappa shape index (κ2) is 6.02. The van der Waals surface area contributed by atoms with E-state index in [2.05, 4.69) is 31.2 Å². The Kier molecular flexibility index (Phi) is 4.28. The molecule has 2 aliphatic rings. The van der Waals surface area contributed by atoms with Crippen molar-refractivity contribution in [1.29, 1.82) is 0 Å². The second-order valence-corrected chi connectivity index (χ2v) is 7.17. The topological polar surface area (TPSA) is 12.5 Å². The molecule has 2 nitrogen and oxygen atoms in total. The van der Waals surface area contributed by atoms with E-state index in [1.54, 1.807) is 7.11 Å². The van der Waals surface area contributed by atoms with Gasteiger partial charge in [0, 0.05) is 19.5 Å². The van der Waals surface area contributed by atoms with Crippen LogP contribution in [0.3, 0.4) is 0 Å². The molecule has 0 aromatic heterocycles. The van der Waals surface area contributed by atoms with Crippen molar-refractivity contribution in [3.8, 4) is 5.75 Å². The third kappa shape index (κ3) is 3.12. The number of benzene rings is 1. The van der Waals surface area contributed by atoms with Crippen LogP contribution in [-0.2, 0) is 0 Å². The van der Waals surface area contributed by atoms with Gasteiger partial charge in [-0.05, 0) is 78.6 Å². The molecular weight excluding hydrogens is 282 g/mol. The molecule has 0 N–H and O–H groups in total. The molecule has 21 heavy (non-hydrogen) atoms. The summed E-state index contributed by atoms with van der Waals surface area (Å²) in [4.78, 5) is 0. The van der Waals surface area contributed by atoms with Gasteiger partial charge in [0.15, 0.2) is 0 Å². The van der Waals surface area contributed by atoms with E-state index in [1.165, 1.54) is 36.0 Å². The number of aryl methyl sites for hydroxylation is 1. The largest absolute Gasteiger partial charge is 0.497 e. The van der Waals surface area contributed by atoms with Gasteiger partial charge in [-0.3, -0.25) is 0 Å². The van der Waals surface area contributed by atoms with Gasteiger partial charge in [0.05, 0.1) is 7.11 Å². The number of hydrogen-bond donors (Lipinski definition) is 0. The zero-order valence-corrected chi connectivity index (χ0v) is 13.9. The summed E-state index contributed by atoms with van der Waals surface area (Å²) in [7, 11) is 3.69. The van der Waals surface area contributed by atoms with Crippen molar-refractivity contribution in [2.75, 3.05) is 20.7 Å². The lowest BCUT2D eigenvalue weighted by Gasteiger charge is -2.32. The molecule has 1 saturated carbocycles. The van der Waals surface area contributed by atoms with Crippen LogP contribution in [0.1, 0.15) is 30.4 Å². The third-order valence-corrected chi connectivity index (χ3v) is 5.10. The summed E-state index contributed by atoms with van der Waals surface area (Å²) in [6, 6.07) is 6.54. The SMILES string of the molecule is COc1cc(C)cc(C2=C[C@@H]3CC[C@@H](C3)[C@@H]2CN(C)Cl)c1. The summed E-state index contributed by atoms with van der Waals surface area (Å²) in [5, 5.41) is 0. The Morgan fingerprint density at radius 1 is 1.29 bits per heavy atom. The lowest BCUT2D eigenvalue weighted by atomic mass is 9.76. The normalized spacial score (nSPS) is 27.9. The van der Waals surface area contributed by atoms with E-state index in [0.29, 0.717) is 5.92 Å². The van der Waals surface area contributed by atoms with Crippen molar-refractivity contribution in [3.05, 3.63) is 35.4 Å². The van der Waals surface area contributed by atoms with Crippen LogP contribution in [0.15, 0.2) is 24.3 Å². The summed E-state index contributed by atoms with van der Waals surface area (Å²) in [5.41, 5.74) is 4.04. The molecule has 3 rings (SSSR count). The van der Waals surface area contributed by atoms with Crippen molar-refractivity contribution >= 4 is 17.3 Å². The predicted octanol–water partition coefficient (Wildman–Crippen LogP) is 4.52. The highest BCUT2D eigenvalue weighted by Gasteiger charge is 2.37. The van der Waals surface area contributed by atoms with Gasteiger partial charge in [-0.15, -0.1) is 0 Å². The maximum Gasteiger partial charge on any atom is 0.119 e. The van der Waals surface area contributed by atoms with Gasteiger partial charge < -0.3 is 4.74 Å². The van der Waals surface area contributed by atoms with Crippen molar-refractivity contribution in [1.82, 2.24) is 4.42 Å². The van der Waals surface area contributed by atoms with E-state index >= 15 is 0 Å². The monoisotopic (exact) mass is 305 g/mol. The molecule has 0 amide bonds. The van der Waals surface area contributed by atoms with Crippen molar-refractivity contribution in [2.24, 2.45) is 17.8 Å². The molecule has 1 fully saturated rings. The minimum Gasteiger partial charge on any atom is -0.497 e. The Morgan fingerprint density at radius 3 is 2.81 bits per heavy atom. The average molecular weight is 306 g/mol. The van der Waals surface area contributed by atoms with Crippen LogP contribution in [-0.4, -0.2) is 25.1 Å². The molecule has 0 radical (unpaired) electrons. The molecule has 2 bridgehead atoms. The molecule has 0 heterocycles. The Balaban J connectivity index is 1.99. The third-order valence-electron chi connectivity index (χ3n) is 4.97. The van der Waals surface area contributed by atoms with Crippen LogP contribution >= 0.6 is 11.8 Å². The summed E-state index contributed by atoms with van der Waals surface area (Å²) >= 11 is 6.17. The summed E-state index contributed by atoms with van der Waals surface area (Å²) in [6.07, 6.45) is 6.51. The number of ether oxygens (including phenoxy) is 1. The van der Waals surface area contributed by atoms with Crippen LogP contribution in [0.25, 0.3) is 5.57 Å². The fourth-order valence-electron chi connectivity index (χ4n) is 4.06. The molecule has 3 atom stereocenters. The number of fused-ring (bicyclic) bond motifs is 2. The number of nitrogens with zero attached hydrogens (tertiary/aromatic N) is 1. The van der Waals surface area contributed by atoms with Gasteiger partial charge in [-0.2, -0.15) is 0 Å². The minimum absolute atomic E-state index is 0.540. The van der Waals surface area contributed by atoms with E-state index in [1.807, 2.05) is 11.5 Å². The van der Waals surface area contributed by atoms with Gasteiger partial charge in [-0.25, -0.2) is 4.42 Å². The van der Waals surface area contributed by atoms with E-state index in [9.17, 15) is 0 Å². The first-order valence-electron chi connectivity index (χ1n) is 7.81. The number of rotatable bonds is 4. The smallest absolute Gasteiger partial charge is 0.119 e. The van der Waals surface area contributed by atoms with Crippen LogP contribution < -0.4 is 4.74 Å².